The molecule has 0 amide bonds. The Morgan fingerprint density at radius 2 is 2.04 bits per heavy atom. The van der Waals surface area contributed by atoms with Crippen molar-refractivity contribution in [2.24, 2.45) is 4.99 Å². The van der Waals surface area contributed by atoms with Crippen LogP contribution in [0.25, 0.3) is 0 Å². The maximum atomic E-state index is 5.91. The van der Waals surface area contributed by atoms with Gasteiger partial charge in [0.1, 0.15) is 11.9 Å². The van der Waals surface area contributed by atoms with E-state index in [0.717, 1.165) is 50.9 Å². The van der Waals surface area contributed by atoms with E-state index in [1.807, 2.05) is 32.0 Å². The second kappa shape index (κ2) is 12.6. The first-order valence-electron chi connectivity index (χ1n) is 8.99. The first-order chi connectivity index (χ1) is 11.7. The first kappa shape index (κ1) is 20.3. The Bertz CT molecular complexity index is 477. The molecule has 0 spiro atoms. The van der Waals surface area contributed by atoms with Gasteiger partial charge in [0, 0.05) is 26.3 Å². The number of nitrogens with zero attached hydrogens (tertiary/aromatic N) is 1. The Balaban J connectivity index is 2.35. The molecule has 1 aromatic carbocycles. The van der Waals surface area contributed by atoms with Gasteiger partial charge in [-0.1, -0.05) is 12.1 Å². The summed E-state index contributed by atoms with van der Waals surface area (Å²) in [5.74, 6) is 1.74. The van der Waals surface area contributed by atoms with Crippen LogP contribution in [0.2, 0.25) is 0 Å². The smallest absolute Gasteiger partial charge is 0.191 e. The molecule has 0 radical (unpaired) electrons. The number of hydrogen-bond acceptors (Lipinski definition) is 3. The van der Waals surface area contributed by atoms with Gasteiger partial charge in [0.15, 0.2) is 5.96 Å². The van der Waals surface area contributed by atoms with Crippen LogP contribution in [0.15, 0.2) is 29.3 Å². The number of guanidine groups is 1. The molecular formula is C19H33N3O2. The van der Waals surface area contributed by atoms with Crippen molar-refractivity contribution in [1.29, 1.82) is 0 Å². The minimum Gasteiger partial charge on any atom is -0.489 e. The summed E-state index contributed by atoms with van der Waals surface area (Å²) >= 11 is 0. The quantitative estimate of drug-likeness (QED) is 0.371. The van der Waals surface area contributed by atoms with Crippen molar-refractivity contribution in [3.8, 4) is 5.75 Å². The number of unbranched alkanes of at least 4 members (excludes halogenated alkanes) is 1. The van der Waals surface area contributed by atoms with Gasteiger partial charge in [0.05, 0.1) is 6.54 Å². The Morgan fingerprint density at radius 1 is 1.21 bits per heavy atom. The van der Waals surface area contributed by atoms with Crippen molar-refractivity contribution >= 4 is 5.96 Å². The van der Waals surface area contributed by atoms with Gasteiger partial charge in [-0.2, -0.15) is 0 Å². The maximum absolute atomic E-state index is 5.91. The molecule has 0 saturated carbocycles. The highest BCUT2D eigenvalue weighted by Gasteiger charge is 2.05. The number of aryl methyl sites for hydroxylation is 1. The van der Waals surface area contributed by atoms with E-state index in [2.05, 4.69) is 35.5 Å². The summed E-state index contributed by atoms with van der Waals surface area (Å²) < 4.78 is 11.3. The molecule has 0 aliphatic rings. The topological polar surface area (TPSA) is 54.9 Å². The summed E-state index contributed by atoms with van der Waals surface area (Å²) in [7, 11) is 0. The summed E-state index contributed by atoms with van der Waals surface area (Å²) in [5, 5.41) is 6.62. The van der Waals surface area contributed by atoms with Gasteiger partial charge in [0.25, 0.3) is 0 Å². The van der Waals surface area contributed by atoms with Crippen LogP contribution in [0, 0.1) is 6.92 Å². The van der Waals surface area contributed by atoms with E-state index in [1.165, 1.54) is 5.56 Å². The van der Waals surface area contributed by atoms with Gasteiger partial charge in [-0.15, -0.1) is 0 Å². The molecule has 0 fully saturated rings. The van der Waals surface area contributed by atoms with Gasteiger partial charge < -0.3 is 20.1 Å². The Morgan fingerprint density at radius 3 is 2.75 bits per heavy atom. The van der Waals surface area contributed by atoms with Crippen molar-refractivity contribution in [3.63, 3.8) is 0 Å². The molecule has 1 rings (SSSR count). The molecule has 1 aromatic rings. The molecule has 0 aliphatic heterocycles. The fourth-order valence-electron chi connectivity index (χ4n) is 2.20. The van der Waals surface area contributed by atoms with Crippen LogP contribution >= 0.6 is 0 Å². The Labute approximate surface area is 146 Å². The van der Waals surface area contributed by atoms with Crippen molar-refractivity contribution in [2.45, 2.75) is 46.6 Å². The predicted molar refractivity (Wildman–Crippen MR) is 101 cm³/mol. The molecule has 136 valence electrons. The minimum atomic E-state index is 0.0280. The lowest BCUT2D eigenvalue weighted by Crippen LogP contribution is -2.38. The lowest BCUT2D eigenvalue weighted by Gasteiger charge is -2.15. The first-order valence-corrected chi connectivity index (χ1v) is 8.99. The Hall–Kier alpha value is -1.75. The molecular weight excluding hydrogens is 302 g/mol. The lowest BCUT2D eigenvalue weighted by molar-refractivity contribution is 0.143. The SMILES string of the molecule is CCNC(=NCC(C)Oc1cccc(C)c1)NCCCCOCC. The molecule has 0 heterocycles. The molecule has 1 atom stereocenters. The number of aliphatic imine (C=N–C) groups is 1. The maximum Gasteiger partial charge on any atom is 0.191 e. The van der Waals surface area contributed by atoms with E-state index in [4.69, 9.17) is 9.47 Å². The van der Waals surface area contributed by atoms with Gasteiger partial charge in [-0.25, -0.2) is 4.99 Å². The standard InChI is InChI=1S/C19H33N3O2/c1-5-20-19(21-12-7-8-13-23-6-2)22-15-17(4)24-18-11-9-10-16(3)14-18/h9-11,14,17H,5-8,12-13,15H2,1-4H3,(H2,20,21,22). The summed E-state index contributed by atoms with van der Waals surface area (Å²) in [6.07, 6.45) is 2.16. The normalized spacial score (nSPS) is 12.8. The van der Waals surface area contributed by atoms with E-state index in [9.17, 15) is 0 Å². The second-order valence-corrected chi connectivity index (χ2v) is 5.80. The second-order valence-electron chi connectivity index (χ2n) is 5.80. The van der Waals surface area contributed by atoms with Crippen molar-refractivity contribution < 1.29 is 9.47 Å². The lowest BCUT2D eigenvalue weighted by atomic mass is 10.2. The monoisotopic (exact) mass is 335 g/mol. The largest absolute Gasteiger partial charge is 0.489 e. The number of hydrogen-bond donors (Lipinski definition) is 2. The molecule has 2 N–H and O–H groups in total. The minimum absolute atomic E-state index is 0.0280. The van der Waals surface area contributed by atoms with Crippen LogP contribution in [-0.4, -0.2) is 44.9 Å². The molecule has 0 aromatic heterocycles. The van der Waals surface area contributed by atoms with Crippen LogP contribution in [0.3, 0.4) is 0 Å². The van der Waals surface area contributed by atoms with Crippen LogP contribution in [0.4, 0.5) is 0 Å². The van der Waals surface area contributed by atoms with Gasteiger partial charge in [0.2, 0.25) is 0 Å². The zero-order valence-corrected chi connectivity index (χ0v) is 15.6. The zero-order chi connectivity index (χ0) is 17.6. The highest BCUT2D eigenvalue weighted by atomic mass is 16.5. The predicted octanol–water partition coefficient (Wildman–Crippen LogP) is 3.13. The van der Waals surface area contributed by atoms with Crippen LogP contribution in [-0.2, 0) is 4.74 Å². The third kappa shape index (κ3) is 9.40. The molecule has 1 unspecified atom stereocenters. The fourth-order valence-corrected chi connectivity index (χ4v) is 2.20. The van der Waals surface area contributed by atoms with Crippen molar-refractivity contribution in [1.82, 2.24) is 10.6 Å². The average molecular weight is 335 g/mol. The van der Waals surface area contributed by atoms with Crippen molar-refractivity contribution in [2.75, 3.05) is 32.8 Å². The average Bonchev–Trinajstić information content (AvgIpc) is 2.55. The molecule has 5 heteroatoms. The third-order valence-corrected chi connectivity index (χ3v) is 3.39. The summed E-state index contributed by atoms with van der Waals surface area (Å²) in [6.45, 7) is 12.2. The molecule has 0 saturated heterocycles. The molecule has 0 bridgehead atoms. The van der Waals surface area contributed by atoms with Gasteiger partial charge in [-0.05, 0) is 58.2 Å². The number of nitrogens with one attached hydrogen (secondary N) is 2. The van der Waals surface area contributed by atoms with E-state index < -0.39 is 0 Å². The number of ether oxygens (including phenoxy) is 2. The van der Waals surface area contributed by atoms with Crippen LogP contribution < -0.4 is 15.4 Å². The fraction of sp³-hybridized carbons (Fsp3) is 0.632. The number of rotatable bonds is 11. The molecule has 5 nitrogen and oxygen atoms in total. The summed E-state index contributed by atoms with van der Waals surface area (Å²) in [4.78, 5) is 4.60. The Kier molecular flexibility index (Phi) is 10.7. The van der Waals surface area contributed by atoms with E-state index in [-0.39, 0.29) is 6.10 Å². The van der Waals surface area contributed by atoms with E-state index in [0.29, 0.717) is 6.54 Å². The summed E-state index contributed by atoms with van der Waals surface area (Å²) in [5.41, 5.74) is 1.20. The summed E-state index contributed by atoms with van der Waals surface area (Å²) in [6, 6.07) is 8.10. The van der Waals surface area contributed by atoms with E-state index >= 15 is 0 Å². The highest BCUT2D eigenvalue weighted by molar-refractivity contribution is 5.79. The van der Waals surface area contributed by atoms with Crippen molar-refractivity contribution in [3.05, 3.63) is 29.8 Å². The third-order valence-electron chi connectivity index (χ3n) is 3.39. The van der Waals surface area contributed by atoms with Gasteiger partial charge >= 0.3 is 0 Å². The van der Waals surface area contributed by atoms with Crippen LogP contribution in [0.1, 0.15) is 39.2 Å². The zero-order valence-electron chi connectivity index (χ0n) is 15.6. The number of benzene rings is 1. The van der Waals surface area contributed by atoms with Gasteiger partial charge in [-0.3, -0.25) is 0 Å². The molecule has 0 aliphatic carbocycles. The van der Waals surface area contributed by atoms with E-state index in [1.54, 1.807) is 0 Å². The molecule has 24 heavy (non-hydrogen) atoms. The van der Waals surface area contributed by atoms with Crippen LogP contribution in [0.5, 0.6) is 5.75 Å². The highest BCUT2D eigenvalue weighted by Crippen LogP contribution is 2.14.